The molecule has 0 spiro atoms. The normalized spacial score (nSPS) is 12.0. The summed E-state index contributed by atoms with van der Waals surface area (Å²) < 4.78 is 26.2. The fourth-order valence-corrected chi connectivity index (χ4v) is 3.89. The van der Waals surface area contributed by atoms with Crippen LogP contribution in [0.15, 0.2) is 72.3 Å². The van der Waals surface area contributed by atoms with Crippen LogP contribution < -0.4 is 9.47 Å². The fraction of sp³-hybridized carbons (Fsp3) is 0.276. The molecule has 0 aliphatic heterocycles. The molecule has 200 valence electrons. The van der Waals surface area contributed by atoms with Gasteiger partial charge in [-0.05, 0) is 60.2 Å². The minimum Gasteiger partial charge on any atom is -0.493 e. The first-order valence-corrected chi connectivity index (χ1v) is 12.2. The number of halogens is 1. The topological polar surface area (TPSA) is 108 Å². The largest absolute Gasteiger partial charge is 0.493 e. The van der Waals surface area contributed by atoms with E-state index < -0.39 is 11.1 Å². The molecule has 8 nitrogen and oxygen atoms in total. The molecule has 38 heavy (non-hydrogen) atoms. The van der Waals surface area contributed by atoms with Crippen LogP contribution in [0.1, 0.15) is 43.2 Å². The van der Waals surface area contributed by atoms with Gasteiger partial charge in [0.1, 0.15) is 5.82 Å². The van der Waals surface area contributed by atoms with E-state index >= 15 is 0 Å². The molecule has 1 atom stereocenters. The number of rotatable bonds is 14. The van der Waals surface area contributed by atoms with Gasteiger partial charge in [-0.15, -0.1) is 10.1 Å². The monoisotopic (exact) mass is 523 g/mol. The number of carboxylic acid groups (broad SMARTS) is 1. The van der Waals surface area contributed by atoms with Gasteiger partial charge in [0, 0.05) is 17.1 Å². The van der Waals surface area contributed by atoms with Gasteiger partial charge in [0.2, 0.25) is 0 Å². The van der Waals surface area contributed by atoms with Gasteiger partial charge in [-0.2, -0.15) is 0 Å². The number of carbonyl (C=O) groups is 1. The van der Waals surface area contributed by atoms with Gasteiger partial charge in [0.05, 0.1) is 20.3 Å². The van der Waals surface area contributed by atoms with Crippen molar-refractivity contribution in [1.82, 2.24) is 0 Å². The average molecular weight is 524 g/mol. The molecule has 1 unspecified atom stereocenters. The van der Waals surface area contributed by atoms with Gasteiger partial charge in [0.25, 0.3) is 5.09 Å². The van der Waals surface area contributed by atoms with Crippen molar-refractivity contribution in [2.45, 2.75) is 32.1 Å². The van der Waals surface area contributed by atoms with Crippen LogP contribution in [0.4, 0.5) is 4.39 Å². The summed E-state index contributed by atoms with van der Waals surface area (Å²) in [6.45, 7) is 2.14. The van der Waals surface area contributed by atoms with Gasteiger partial charge in [0.15, 0.2) is 11.5 Å². The SMILES string of the molecule is COc1cc(C=C(CCCCO[N+](=O)[O-])C(=O)O)ccc1OCC(C)c1ccc(-c2ccccc2)c(F)c1. The van der Waals surface area contributed by atoms with Crippen LogP contribution in [0, 0.1) is 15.9 Å². The molecule has 3 aromatic carbocycles. The molecule has 0 aliphatic carbocycles. The molecule has 3 aromatic rings. The second-order valence-electron chi connectivity index (χ2n) is 8.72. The predicted octanol–water partition coefficient (Wildman–Crippen LogP) is 6.53. The Morgan fingerprint density at radius 1 is 1.08 bits per heavy atom. The summed E-state index contributed by atoms with van der Waals surface area (Å²) in [5.74, 6) is -0.559. The summed E-state index contributed by atoms with van der Waals surface area (Å²) in [5.41, 5.74) is 2.93. The molecule has 1 N–H and O–H groups in total. The third kappa shape index (κ3) is 8.06. The van der Waals surface area contributed by atoms with Gasteiger partial charge >= 0.3 is 5.97 Å². The van der Waals surface area contributed by atoms with Crippen molar-refractivity contribution in [3.8, 4) is 22.6 Å². The Labute approximate surface area is 220 Å². The number of ether oxygens (including phenoxy) is 2. The molecular weight excluding hydrogens is 493 g/mol. The number of benzene rings is 3. The zero-order chi connectivity index (χ0) is 27.5. The molecule has 0 aromatic heterocycles. The van der Waals surface area contributed by atoms with Crippen molar-refractivity contribution in [1.29, 1.82) is 0 Å². The van der Waals surface area contributed by atoms with Crippen LogP contribution in [0.25, 0.3) is 17.2 Å². The second kappa shape index (κ2) is 13.8. The van der Waals surface area contributed by atoms with Gasteiger partial charge < -0.3 is 19.4 Å². The van der Waals surface area contributed by atoms with Crippen LogP contribution in [0.3, 0.4) is 0 Å². The Balaban J connectivity index is 1.64. The molecule has 0 radical (unpaired) electrons. The highest BCUT2D eigenvalue weighted by atomic mass is 19.1. The third-order valence-electron chi connectivity index (χ3n) is 5.98. The lowest BCUT2D eigenvalue weighted by Gasteiger charge is -2.17. The quantitative estimate of drug-likeness (QED) is 0.111. The van der Waals surface area contributed by atoms with Crippen molar-refractivity contribution in [3.05, 3.63) is 99.4 Å². The molecule has 0 amide bonds. The Morgan fingerprint density at radius 2 is 1.84 bits per heavy atom. The van der Waals surface area contributed by atoms with Gasteiger partial charge in [-0.1, -0.05) is 55.5 Å². The Hall–Kier alpha value is -4.40. The summed E-state index contributed by atoms with van der Waals surface area (Å²) >= 11 is 0. The first kappa shape index (κ1) is 28.2. The van der Waals surface area contributed by atoms with Crippen molar-refractivity contribution in [2.24, 2.45) is 0 Å². The maximum absolute atomic E-state index is 14.8. The van der Waals surface area contributed by atoms with Crippen molar-refractivity contribution >= 4 is 12.0 Å². The van der Waals surface area contributed by atoms with E-state index in [0.717, 1.165) is 11.1 Å². The standard InChI is InChI=1S/C29H30FNO7/c1-20(23-12-13-25(26(30)18-23)22-8-4-3-5-9-22)19-37-27-14-11-21(17-28(27)36-2)16-24(29(32)33)10-6-7-15-38-31(34)35/h3-5,8-9,11-14,16-18,20H,6-7,10,15,19H2,1-2H3,(H,32,33). The Kier molecular flexibility index (Phi) is 10.2. The first-order valence-electron chi connectivity index (χ1n) is 12.2. The molecule has 3 rings (SSSR count). The van der Waals surface area contributed by atoms with E-state index in [1.165, 1.54) is 19.3 Å². The minimum atomic E-state index is -1.07. The lowest BCUT2D eigenvalue weighted by Crippen LogP contribution is -2.08. The lowest BCUT2D eigenvalue weighted by atomic mass is 9.97. The van der Waals surface area contributed by atoms with Crippen LogP contribution in [-0.2, 0) is 9.63 Å². The zero-order valence-corrected chi connectivity index (χ0v) is 21.3. The Morgan fingerprint density at radius 3 is 2.50 bits per heavy atom. The predicted molar refractivity (Wildman–Crippen MR) is 141 cm³/mol. The number of aliphatic carboxylic acids is 1. The minimum absolute atomic E-state index is 0.0814. The van der Waals surface area contributed by atoms with E-state index in [1.54, 1.807) is 24.3 Å². The number of methoxy groups -OCH3 is 1. The highest BCUT2D eigenvalue weighted by molar-refractivity contribution is 5.92. The van der Waals surface area contributed by atoms with E-state index in [1.807, 2.05) is 43.3 Å². The lowest BCUT2D eigenvalue weighted by molar-refractivity contribution is -0.757. The summed E-state index contributed by atoms with van der Waals surface area (Å²) in [5, 5.41) is 18.9. The Bertz CT molecular complexity index is 1280. The third-order valence-corrected chi connectivity index (χ3v) is 5.98. The molecule has 9 heteroatoms. The van der Waals surface area contributed by atoms with Gasteiger partial charge in [-0.25, -0.2) is 9.18 Å². The fourth-order valence-electron chi connectivity index (χ4n) is 3.89. The highest BCUT2D eigenvalue weighted by Gasteiger charge is 2.14. The van der Waals surface area contributed by atoms with E-state index in [0.29, 0.717) is 35.5 Å². The summed E-state index contributed by atoms with van der Waals surface area (Å²) in [6, 6.07) is 19.6. The number of nitrogens with zero attached hydrogens (tertiary/aromatic N) is 1. The van der Waals surface area contributed by atoms with Crippen molar-refractivity contribution in [2.75, 3.05) is 20.3 Å². The average Bonchev–Trinajstić information content (AvgIpc) is 2.91. The van der Waals surface area contributed by atoms with Crippen LogP contribution >= 0.6 is 0 Å². The number of hydrogen-bond acceptors (Lipinski definition) is 6. The van der Waals surface area contributed by atoms with E-state index in [-0.39, 0.29) is 36.9 Å². The summed E-state index contributed by atoms with van der Waals surface area (Å²) in [6.07, 6.45) is 2.55. The highest BCUT2D eigenvalue weighted by Crippen LogP contribution is 2.31. The smallest absolute Gasteiger partial charge is 0.331 e. The number of unbranched alkanes of at least 4 members (excludes halogenated alkanes) is 1. The number of carboxylic acids is 1. The summed E-state index contributed by atoms with van der Waals surface area (Å²) in [4.78, 5) is 26.1. The van der Waals surface area contributed by atoms with Crippen molar-refractivity contribution in [3.63, 3.8) is 0 Å². The summed E-state index contributed by atoms with van der Waals surface area (Å²) in [7, 11) is 1.49. The van der Waals surface area contributed by atoms with Gasteiger partial charge in [-0.3, -0.25) is 0 Å². The maximum Gasteiger partial charge on any atom is 0.331 e. The first-order chi connectivity index (χ1) is 18.3. The molecule has 0 heterocycles. The number of hydrogen-bond donors (Lipinski definition) is 1. The second-order valence-corrected chi connectivity index (χ2v) is 8.72. The van der Waals surface area contributed by atoms with Crippen LogP contribution in [-0.4, -0.2) is 36.5 Å². The molecular formula is C29H30FNO7. The molecule has 0 aliphatic rings. The van der Waals surface area contributed by atoms with E-state index in [2.05, 4.69) is 4.84 Å². The molecule has 0 saturated carbocycles. The van der Waals surface area contributed by atoms with E-state index in [4.69, 9.17) is 9.47 Å². The molecule has 0 bridgehead atoms. The maximum atomic E-state index is 14.8. The van der Waals surface area contributed by atoms with Crippen LogP contribution in [0.5, 0.6) is 11.5 Å². The van der Waals surface area contributed by atoms with Crippen molar-refractivity contribution < 1.29 is 33.7 Å². The molecule has 0 fully saturated rings. The van der Waals surface area contributed by atoms with Crippen LogP contribution in [0.2, 0.25) is 0 Å². The van der Waals surface area contributed by atoms with E-state index in [9.17, 15) is 24.4 Å². The molecule has 0 saturated heterocycles. The zero-order valence-electron chi connectivity index (χ0n) is 21.3.